The van der Waals surface area contributed by atoms with Crippen LogP contribution >= 0.6 is 23.2 Å². The largest absolute Gasteiger partial charge is 0.493 e. The quantitative estimate of drug-likeness (QED) is 0.648. The molecule has 0 aliphatic carbocycles. The number of para-hydroxylation sites is 1. The summed E-state index contributed by atoms with van der Waals surface area (Å²) >= 11 is 12.1. The first kappa shape index (κ1) is 15.6. The molecule has 0 unspecified atom stereocenters. The third-order valence-electron chi connectivity index (χ3n) is 3.49. The molecule has 0 atom stereocenters. The summed E-state index contributed by atoms with van der Waals surface area (Å²) in [6.07, 6.45) is 0. The van der Waals surface area contributed by atoms with Gasteiger partial charge >= 0.3 is 0 Å². The van der Waals surface area contributed by atoms with E-state index in [1.807, 2.05) is 12.1 Å². The molecule has 118 valence electrons. The lowest BCUT2D eigenvalue weighted by atomic mass is 10.2. The maximum atomic E-state index is 11.0. The van der Waals surface area contributed by atoms with Crippen LogP contribution in [-0.2, 0) is 6.54 Å². The molecule has 5 nitrogen and oxygen atoms in total. The Morgan fingerprint density at radius 1 is 1.09 bits per heavy atom. The maximum absolute atomic E-state index is 11.0. The van der Waals surface area contributed by atoms with Crippen LogP contribution in [0.4, 0.5) is 5.69 Å². The van der Waals surface area contributed by atoms with Crippen LogP contribution in [-0.4, -0.2) is 16.3 Å². The van der Waals surface area contributed by atoms with E-state index >= 15 is 0 Å². The first-order chi connectivity index (χ1) is 11.1. The maximum Gasteiger partial charge on any atom is 0.222 e. The first-order valence-corrected chi connectivity index (χ1v) is 7.59. The topological polar surface area (TPSA) is 63.8 Å². The summed E-state index contributed by atoms with van der Waals surface area (Å²) in [5.74, 6) is 0.322. The second kappa shape index (κ2) is 6.48. The highest BCUT2D eigenvalue weighted by atomic mass is 35.5. The van der Waals surface area contributed by atoms with Gasteiger partial charge in [0.1, 0.15) is 12.4 Å². The van der Waals surface area contributed by atoms with Crippen molar-refractivity contribution in [3.8, 4) is 11.6 Å². The van der Waals surface area contributed by atoms with Crippen LogP contribution in [0.15, 0.2) is 47.6 Å². The molecule has 1 aromatic heterocycles. The summed E-state index contributed by atoms with van der Waals surface area (Å²) in [4.78, 5) is 11.0. The van der Waals surface area contributed by atoms with Gasteiger partial charge in [-0.25, -0.2) is 0 Å². The Balaban J connectivity index is 1.89. The second-order valence-corrected chi connectivity index (χ2v) is 5.64. The summed E-state index contributed by atoms with van der Waals surface area (Å²) < 4.78 is 7.15. The number of nitrogens with zero attached hydrogens (tertiary/aromatic N) is 2. The number of nitroso groups, excluding NO2 is 1. The van der Waals surface area contributed by atoms with Crippen molar-refractivity contribution < 1.29 is 9.84 Å². The molecule has 0 saturated carbocycles. The predicted molar refractivity (Wildman–Crippen MR) is 91.0 cm³/mol. The van der Waals surface area contributed by atoms with Gasteiger partial charge in [-0.1, -0.05) is 41.4 Å². The first-order valence-electron chi connectivity index (χ1n) is 6.84. The average Bonchev–Trinajstić information content (AvgIpc) is 2.82. The van der Waals surface area contributed by atoms with E-state index in [-0.39, 0.29) is 18.2 Å². The molecule has 0 saturated heterocycles. The zero-order valence-corrected chi connectivity index (χ0v) is 13.4. The second-order valence-electron chi connectivity index (χ2n) is 4.83. The van der Waals surface area contributed by atoms with Crippen molar-refractivity contribution in [2.45, 2.75) is 6.54 Å². The van der Waals surface area contributed by atoms with Crippen molar-refractivity contribution in [1.82, 2.24) is 4.57 Å². The minimum absolute atomic E-state index is 0.0663. The molecule has 3 aromatic rings. The molecule has 1 N–H and O–H groups in total. The Bertz CT molecular complexity index is 877. The molecule has 0 bridgehead atoms. The van der Waals surface area contributed by atoms with E-state index in [0.717, 1.165) is 0 Å². The normalized spacial score (nSPS) is 10.9. The highest BCUT2D eigenvalue weighted by molar-refractivity contribution is 6.36. The van der Waals surface area contributed by atoms with Gasteiger partial charge in [0.25, 0.3) is 0 Å². The van der Waals surface area contributed by atoms with E-state index < -0.39 is 0 Å². The average molecular weight is 351 g/mol. The van der Waals surface area contributed by atoms with Gasteiger partial charge in [-0.3, -0.25) is 0 Å². The van der Waals surface area contributed by atoms with Gasteiger partial charge < -0.3 is 14.4 Å². The number of halogens is 2. The fourth-order valence-corrected chi connectivity index (χ4v) is 2.90. The van der Waals surface area contributed by atoms with Gasteiger partial charge in [0.15, 0.2) is 5.69 Å². The molecule has 0 aliphatic rings. The lowest BCUT2D eigenvalue weighted by Gasteiger charge is -2.10. The molecule has 0 radical (unpaired) electrons. The predicted octanol–water partition coefficient (Wildman–Crippen LogP) is 5.13. The highest BCUT2D eigenvalue weighted by Crippen LogP contribution is 2.41. The van der Waals surface area contributed by atoms with Gasteiger partial charge in [0, 0.05) is 0 Å². The van der Waals surface area contributed by atoms with Crippen molar-refractivity contribution in [3.63, 3.8) is 0 Å². The third-order valence-corrected chi connectivity index (χ3v) is 4.11. The molecule has 2 aromatic carbocycles. The summed E-state index contributed by atoms with van der Waals surface area (Å²) in [5.41, 5.74) is 0.552. The van der Waals surface area contributed by atoms with E-state index in [2.05, 4.69) is 5.18 Å². The van der Waals surface area contributed by atoms with Crippen LogP contribution in [0, 0.1) is 4.91 Å². The van der Waals surface area contributed by atoms with E-state index in [9.17, 15) is 10.0 Å². The molecular weight excluding hydrogens is 339 g/mol. The number of fused-ring (bicyclic) bond motifs is 1. The van der Waals surface area contributed by atoms with Crippen LogP contribution in [0.5, 0.6) is 11.6 Å². The smallest absolute Gasteiger partial charge is 0.222 e. The van der Waals surface area contributed by atoms with Gasteiger partial charge in [-0.2, -0.15) is 0 Å². The number of hydrogen-bond acceptors (Lipinski definition) is 4. The molecule has 0 amide bonds. The summed E-state index contributed by atoms with van der Waals surface area (Å²) in [7, 11) is 0. The minimum Gasteiger partial charge on any atom is -0.493 e. The fourth-order valence-electron chi connectivity index (χ4n) is 2.45. The molecule has 0 fully saturated rings. The Morgan fingerprint density at radius 2 is 1.83 bits per heavy atom. The monoisotopic (exact) mass is 350 g/mol. The van der Waals surface area contributed by atoms with Crippen LogP contribution in [0.1, 0.15) is 0 Å². The van der Waals surface area contributed by atoms with E-state index in [1.54, 1.807) is 30.3 Å². The van der Waals surface area contributed by atoms with E-state index in [1.165, 1.54) is 4.57 Å². The number of aromatic nitrogens is 1. The summed E-state index contributed by atoms with van der Waals surface area (Å²) in [6.45, 7) is 0.565. The standard InChI is InChI=1S/C16H12Cl2N2O3/c17-10-4-1-2-7-13(10)23-9-8-20-12-6-3-5-11(18)14(12)15(19-22)16(20)21/h1-7,21H,8-9H2. The molecule has 7 heteroatoms. The molecule has 1 heterocycles. The number of rotatable bonds is 5. The minimum atomic E-state index is -0.231. The van der Waals surface area contributed by atoms with Crippen molar-refractivity contribution in [3.05, 3.63) is 57.4 Å². The molecule has 23 heavy (non-hydrogen) atoms. The Hall–Kier alpha value is -2.24. The van der Waals surface area contributed by atoms with Crippen molar-refractivity contribution in [2.24, 2.45) is 5.18 Å². The molecular formula is C16H12Cl2N2O3. The fraction of sp³-hybridized carbons (Fsp3) is 0.125. The Kier molecular flexibility index (Phi) is 4.41. The number of hydrogen-bond donors (Lipinski definition) is 1. The lowest BCUT2D eigenvalue weighted by molar-refractivity contribution is 0.291. The highest BCUT2D eigenvalue weighted by Gasteiger charge is 2.19. The van der Waals surface area contributed by atoms with Crippen molar-refractivity contribution in [2.75, 3.05) is 6.61 Å². The molecule has 3 rings (SSSR count). The Labute approximate surface area is 142 Å². The van der Waals surface area contributed by atoms with E-state index in [0.29, 0.717) is 33.2 Å². The summed E-state index contributed by atoms with van der Waals surface area (Å²) in [6, 6.07) is 12.2. The molecule has 0 spiro atoms. The van der Waals surface area contributed by atoms with E-state index in [4.69, 9.17) is 27.9 Å². The van der Waals surface area contributed by atoms with Crippen LogP contribution in [0.2, 0.25) is 10.0 Å². The van der Waals surface area contributed by atoms with Crippen LogP contribution in [0.25, 0.3) is 10.9 Å². The Morgan fingerprint density at radius 3 is 2.57 bits per heavy atom. The van der Waals surface area contributed by atoms with Gasteiger partial charge in [0.2, 0.25) is 5.88 Å². The van der Waals surface area contributed by atoms with Gasteiger partial charge in [-0.05, 0) is 29.4 Å². The van der Waals surface area contributed by atoms with Crippen molar-refractivity contribution >= 4 is 39.8 Å². The van der Waals surface area contributed by atoms with Crippen LogP contribution < -0.4 is 4.74 Å². The number of ether oxygens (including phenoxy) is 1. The molecule has 0 aliphatic heterocycles. The van der Waals surface area contributed by atoms with Gasteiger partial charge in [0.05, 0.1) is 27.5 Å². The number of benzene rings is 2. The third kappa shape index (κ3) is 2.85. The number of aromatic hydroxyl groups is 1. The summed E-state index contributed by atoms with van der Waals surface area (Å²) in [5, 5.41) is 14.4. The van der Waals surface area contributed by atoms with Crippen LogP contribution in [0.3, 0.4) is 0 Å². The zero-order valence-electron chi connectivity index (χ0n) is 11.9. The lowest BCUT2D eigenvalue weighted by Crippen LogP contribution is -2.07. The zero-order chi connectivity index (χ0) is 16.4. The van der Waals surface area contributed by atoms with Crippen molar-refractivity contribution in [1.29, 1.82) is 0 Å². The SMILES string of the molecule is O=Nc1c(O)n(CCOc2ccccc2Cl)c2cccc(Cl)c12. The van der Waals surface area contributed by atoms with Gasteiger partial charge in [-0.15, -0.1) is 4.91 Å².